The Hall–Kier alpha value is -1.87. The highest BCUT2D eigenvalue weighted by Crippen LogP contribution is 2.22. The summed E-state index contributed by atoms with van der Waals surface area (Å²) < 4.78 is 26.8. The molecule has 0 amide bonds. The summed E-state index contributed by atoms with van der Waals surface area (Å²) in [7, 11) is -3.88. The fraction of sp³-hybridized carbons (Fsp3) is 0. The van der Waals surface area contributed by atoms with Crippen molar-refractivity contribution in [2.24, 2.45) is 0 Å². The van der Waals surface area contributed by atoms with Crippen LogP contribution in [0.15, 0.2) is 39.8 Å². The number of carboxylic acid groups (broad SMARTS) is 1. The number of aromatic nitrogens is 2. The van der Waals surface area contributed by atoms with Crippen molar-refractivity contribution in [3.63, 3.8) is 0 Å². The predicted molar refractivity (Wildman–Crippen MR) is 70.5 cm³/mol. The first-order chi connectivity index (χ1) is 8.90. The van der Waals surface area contributed by atoms with Gasteiger partial charge in [-0.3, -0.25) is 9.82 Å². The van der Waals surface area contributed by atoms with E-state index >= 15 is 0 Å². The van der Waals surface area contributed by atoms with Crippen LogP contribution in [0, 0.1) is 0 Å². The number of nitrogens with one attached hydrogen (secondary N) is 2. The van der Waals surface area contributed by atoms with Gasteiger partial charge in [0.25, 0.3) is 10.0 Å². The minimum atomic E-state index is -3.88. The summed E-state index contributed by atoms with van der Waals surface area (Å²) >= 11 is 3.11. The van der Waals surface area contributed by atoms with Crippen LogP contribution >= 0.6 is 15.9 Å². The van der Waals surface area contributed by atoms with Gasteiger partial charge in [-0.25, -0.2) is 13.2 Å². The first-order valence-corrected chi connectivity index (χ1v) is 7.23. The molecule has 9 heteroatoms. The summed E-state index contributed by atoms with van der Waals surface area (Å²) in [5.74, 6) is -1.03. The summed E-state index contributed by atoms with van der Waals surface area (Å²) in [5, 5.41) is 15.0. The molecule has 1 heterocycles. The summed E-state index contributed by atoms with van der Waals surface area (Å²) in [6.45, 7) is 0. The second kappa shape index (κ2) is 5.02. The zero-order chi connectivity index (χ0) is 14.0. The fourth-order valence-corrected chi connectivity index (χ4v) is 2.84. The molecule has 0 atom stereocenters. The van der Waals surface area contributed by atoms with E-state index in [1.807, 2.05) is 0 Å². The maximum Gasteiger partial charge on any atom is 0.335 e. The van der Waals surface area contributed by atoms with E-state index in [-0.39, 0.29) is 16.3 Å². The van der Waals surface area contributed by atoms with Crippen LogP contribution in [0.25, 0.3) is 0 Å². The molecule has 3 N–H and O–H groups in total. The SMILES string of the molecule is O=C(O)c1cccc(S(=O)(=O)Nc2[nH]ncc2Br)c1. The smallest absolute Gasteiger partial charge is 0.335 e. The summed E-state index contributed by atoms with van der Waals surface area (Å²) in [6, 6.07) is 5.06. The zero-order valence-electron chi connectivity index (χ0n) is 9.29. The number of H-pyrrole nitrogens is 1. The zero-order valence-corrected chi connectivity index (χ0v) is 11.7. The minimum Gasteiger partial charge on any atom is -0.478 e. The van der Waals surface area contributed by atoms with E-state index < -0.39 is 16.0 Å². The van der Waals surface area contributed by atoms with Gasteiger partial charge in [-0.15, -0.1) is 0 Å². The predicted octanol–water partition coefficient (Wildman–Crippen LogP) is 1.67. The highest BCUT2D eigenvalue weighted by Gasteiger charge is 2.18. The van der Waals surface area contributed by atoms with Gasteiger partial charge < -0.3 is 5.11 Å². The normalized spacial score (nSPS) is 11.2. The van der Waals surface area contributed by atoms with Gasteiger partial charge in [-0.2, -0.15) is 5.10 Å². The second-order valence-electron chi connectivity index (χ2n) is 3.53. The maximum absolute atomic E-state index is 12.1. The molecule has 0 saturated heterocycles. The Kier molecular flexibility index (Phi) is 3.58. The van der Waals surface area contributed by atoms with Crippen LogP contribution < -0.4 is 4.72 Å². The van der Waals surface area contributed by atoms with Gasteiger partial charge in [-0.05, 0) is 34.1 Å². The van der Waals surface area contributed by atoms with E-state index in [4.69, 9.17) is 5.11 Å². The van der Waals surface area contributed by atoms with Crippen molar-refractivity contribution >= 4 is 37.7 Å². The van der Waals surface area contributed by atoms with E-state index in [1.54, 1.807) is 0 Å². The lowest BCUT2D eigenvalue weighted by atomic mass is 10.2. The third-order valence-corrected chi connectivity index (χ3v) is 4.17. The number of anilines is 1. The van der Waals surface area contributed by atoms with Crippen molar-refractivity contribution in [3.8, 4) is 0 Å². The molecule has 2 rings (SSSR count). The summed E-state index contributed by atoms with van der Waals surface area (Å²) in [5.41, 5.74) is -0.105. The van der Waals surface area contributed by atoms with E-state index in [9.17, 15) is 13.2 Å². The lowest BCUT2D eigenvalue weighted by molar-refractivity contribution is 0.0696. The number of carbonyl (C=O) groups is 1. The van der Waals surface area contributed by atoms with E-state index in [2.05, 4.69) is 30.8 Å². The van der Waals surface area contributed by atoms with Gasteiger partial charge in [0, 0.05) is 0 Å². The Morgan fingerprint density at radius 2 is 2.16 bits per heavy atom. The van der Waals surface area contributed by atoms with Crippen LogP contribution in [0.2, 0.25) is 0 Å². The largest absolute Gasteiger partial charge is 0.478 e. The van der Waals surface area contributed by atoms with Gasteiger partial charge in [0.2, 0.25) is 0 Å². The van der Waals surface area contributed by atoms with Crippen molar-refractivity contribution in [3.05, 3.63) is 40.5 Å². The number of hydrogen-bond acceptors (Lipinski definition) is 4. The van der Waals surface area contributed by atoms with Gasteiger partial charge in [0.15, 0.2) is 0 Å². The molecule has 0 fully saturated rings. The molecule has 0 saturated carbocycles. The average Bonchev–Trinajstić information content (AvgIpc) is 2.74. The maximum atomic E-state index is 12.1. The monoisotopic (exact) mass is 345 g/mol. The van der Waals surface area contributed by atoms with Gasteiger partial charge in [0.1, 0.15) is 5.82 Å². The number of nitrogens with zero attached hydrogens (tertiary/aromatic N) is 1. The lowest BCUT2D eigenvalue weighted by Gasteiger charge is -2.07. The molecule has 0 aliphatic carbocycles. The number of benzene rings is 1. The summed E-state index contributed by atoms with van der Waals surface area (Å²) in [6.07, 6.45) is 1.39. The van der Waals surface area contributed by atoms with Gasteiger partial charge in [-0.1, -0.05) is 6.07 Å². The molecule has 0 bridgehead atoms. The quantitative estimate of drug-likeness (QED) is 0.780. The minimum absolute atomic E-state index is 0.105. The van der Waals surface area contributed by atoms with Crippen molar-refractivity contribution in [2.45, 2.75) is 4.90 Å². The Bertz CT molecular complexity index is 726. The number of rotatable bonds is 4. The number of halogens is 1. The fourth-order valence-electron chi connectivity index (χ4n) is 1.33. The number of aromatic amines is 1. The van der Waals surface area contributed by atoms with Crippen molar-refractivity contribution < 1.29 is 18.3 Å². The number of sulfonamides is 1. The Labute approximate surface area is 116 Å². The topological polar surface area (TPSA) is 112 Å². The van der Waals surface area contributed by atoms with Crippen LogP contribution in [-0.2, 0) is 10.0 Å². The van der Waals surface area contributed by atoms with E-state index in [0.717, 1.165) is 6.07 Å². The van der Waals surface area contributed by atoms with Gasteiger partial charge in [0.05, 0.1) is 21.1 Å². The Morgan fingerprint density at radius 1 is 1.42 bits per heavy atom. The first-order valence-electron chi connectivity index (χ1n) is 4.95. The molecule has 19 heavy (non-hydrogen) atoms. The molecule has 1 aromatic heterocycles. The molecule has 0 aliphatic heterocycles. The second-order valence-corrected chi connectivity index (χ2v) is 6.07. The molecule has 7 nitrogen and oxygen atoms in total. The van der Waals surface area contributed by atoms with E-state index in [1.165, 1.54) is 24.4 Å². The number of carboxylic acids is 1. The third kappa shape index (κ3) is 2.93. The van der Waals surface area contributed by atoms with E-state index in [0.29, 0.717) is 4.47 Å². The molecular formula is C10H8BrN3O4S. The third-order valence-electron chi connectivity index (χ3n) is 2.22. The van der Waals surface area contributed by atoms with Crippen molar-refractivity contribution in [1.29, 1.82) is 0 Å². The molecule has 2 aromatic rings. The molecule has 1 aromatic carbocycles. The van der Waals surface area contributed by atoms with Crippen LogP contribution in [0.3, 0.4) is 0 Å². The standard InChI is InChI=1S/C10H8BrN3O4S/c11-8-5-12-13-9(8)14-19(17,18)7-3-1-2-6(4-7)10(15)16/h1-5H,(H,15,16)(H2,12,13,14). The summed E-state index contributed by atoms with van der Waals surface area (Å²) in [4.78, 5) is 10.7. The average molecular weight is 346 g/mol. The van der Waals surface area contributed by atoms with Crippen LogP contribution in [0.1, 0.15) is 10.4 Å². The lowest BCUT2D eigenvalue weighted by Crippen LogP contribution is -2.14. The Morgan fingerprint density at radius 3 is 2.74 bits per heavy atom. The molecular weight excluding hydrogens is 338 g/mol. The highest BCUT2D eigenvalue weighted by atomic mass is 79.9. The molecule has 0 aliphatic rings. The van der Waals surface area contributed by atoms with Crippen LogP contribution in [-0.4, -0.2) is 29.7 Å². The first kappa shape index (κ1) is 13.6. The molecule has 0 unspecified atom stereocenters. The Balaban J connectivity index is 2.37. The number of aromatic carboxylic acids is 1. The van der Waals surface area contributed by atoms with Crippen LogP contribution in [0.4, 0.5) is 5.82 Å². The molecule has 0 radical (unpaired) electrons. The van der Waals surface area contributed by atoms with Crippen molar-refractivity contribution in [1.82, 2.24) is 10.2 Å². The van der Waals surface area contributed by atoms with Gasteiger partial charge >= 0.3 is 5.97 Å². The molecule has 100 valence electrons. The molecule has 0 spiro atoms. The van der Waals surface area contributed by atoms with Crippen LogP contribution in [0.5, 0.6) is 0 Å². The number of hydrogen-bond donors (Lipinski definition) is 3. The van der Waals surface area contributed by atoms with Crippen molar-refractivity contribution in [2.75, 3.05) is 4.72 Å². The highest BCUT2D eigenvalue weighted by molar-refractivity contribution is 9.10.